The number of unbranched alkanes of at least 4 members (excludes halogenated alkanes) is 35. The maximum absolute atomic E-state index is 12.9. The highest BCUT2D eigenvalue weighted by Gasteiger charge is 2.19. The molecular weight excluding hydrogens is 877 g/mol. The second-order valence-corrected chi connectivity index (χ2v) is 20.6. The van der Waals surface area contributed by atoms with Gasteiger partial charge in [0.2, 0.25) is 0 Å². The van der Waals surface area contributed by atoms with Gasteiger partial charge in [-0.2, -0.15) is 0 Å². The monoisotopic (exact) mass is 993 g/mol. The highest BCUT2D eigenvalue weighted by atomic mass is 16.6. The zero-order valence-corrected chi connectivity index (χ0v) is 47.2. The summed E-state index contributed by atoms with van der Waals surface area (Å²) in [4.78, 5) is 38.2. The summed E-state index contributed by atoms with van der Waals surface area (Å²) >= 11 is 0. The van der Waals surface area contributed by atoms with Gasteiger partial charge in [-0.05, 0) is 83.5 Å². The minimum absolute atomic E-state index is 0.0751. The van der Waals surface area contributed by atoms with E-state index in [0.717, 1.165) is 89.9 Å². The molecule has 0 saturated carbocycles. The number of allylic oxidation sites excluding steroid dienone is 10. The Hall–Kier alpha value is -2.89. The summed E-state index contributed by atoms with van der Waals surface area (Å²) in [5.74, 6) is -0.872. The number of hydrogen-bond acceptors (Lipinski definition) is 6. The van der Waals surface area contributed by atoms with Crippen molar-refractivity contribution in [2.24, 2.45) is 0 Å². The molecule has 1 atom stereocenters. The van der Waals surface area contributed by atoms with Gasteiger partial charge in [-0.25, -0.2) is 0 Å². The van der Waals surface area contributed by atoms with Gasteiger partial charge >= 0.3 is 17.9 Å². The summed E-state index contributed by atoms with van der Waals surface area (Å²) < 4.78 is 16.9. The first-order chi connectivity index (χ1) is 35.0. The number of rotatable bonds is 56. The summed E-state index contributed by atoms with van der Waals surface area (Å²) in [7, 11) is 0. The summed E-state index contributed by atoms with van der Waals surface area (Å²) in [6.07, 6.45) is 75.0. The van der Waals surface area contributed by atoms with E-state index in [0.29, 0.717) is 19.3 Å². The van der Waals surface area contributed by atoms with Crippen molar-refractivity contribution in [3.05, 3.63) is 60.8 Å². The number of carbonyl (C=O) groups excluding carboxylic acids is 3. The minimum atomic E-state index is -0.778. The van der Waals surface area contributed by atoms with Crippen LogP contribution in [0.4, 0.5) is 0 Å². The molecule has 0 aromatic rings. The molecule has 0 aromatic carbocycles. The topological polar surface area (TPSA) is 78.9 Å². The third-order valence-corrected chi connectivity index (χ3v) is 13.5. The van der Waals surface area contributed by atoms with Crippen LogP contribution < -0.4 is 0 Å². The van der Waals surface area contributed by atoms with Gasteiger partial charge in [-0.3, -0.25) is 14.4 Å². The molecule has 0 radical (unpaired) electrons. The van der Waals surface area contributed by atoms with E-state index in [1.165, 1.54) is 186 Å². The van der Waals surface area contributed by atoms with Gasteiger partial charge in [0.15, 0.2) is 6.10 Å². The molecule has 6 heteroatoms. The molecule has 0 saturated heterocycles. The Balaban J connectivity index is 4.32. The van der Waals surface area contributed by atoms with Gasteiger partial charge in [0.1, 0.15) is 13.2 Å². The Morgan fingerprint density at radius 2 is 0.549 bits per heavy atom. The van der Waals surface area contributed by atoms with Crippen LogP contribution in [0.5, 0.6) is 0 Å². The molecule has 0 aliphatic carbocycles. The molecule has 0 aliphatic rings. The van der Waals surface area contributed by atoms with Crippen LogP contribution in [0.3, 0.4) is 0 Å². The number of ether oxygens (including phenoxy) is 3. The largest absolute Gasteiger partial charge is 0.462 e. The van der Waals surface area contributed by atoms with E-state index in [-0.39, 0.29) is 31.1 Å². The minimum Gasteiger partial charge on any atom is -0.462 e. The molecule has 0 rings (SSSR count). The molecule has 0 aliphatic heterocycles. The smallest absolute Gasteiger partial charge is 0.306 e. The van der Waals surface area contributed by atoms with Gasteiger partial charge in [0.25, 0.3) is 0 Å². The first-order valence-electron chi connectivity index (χ1n) is 30.8. The van der Waals surface area contributed by atoms with Crippen LogP contribution in [-0.4, -0.2) is 37.2 Å². The van der Waals surface area contributed by atoms with Crippen LogP contribution in [0.25, 0.3) is 0 Å². The van der Waals surface area contributed by atoms with Crippen molar-refractivity contribution in [2.45, 2.75) is 322 Å². The van der Waals surface area contributed by atoms with Crippen LogP contribution in [0.1, 0.15) is 316 Å². The van der Waals surface area contributed by atoms with E-state index < -0.39 is 6.10 Å². The first kappa shape index (κ1) is 68.1. The molecule has 412 valence electrons. The standard InChI is InChI=1S/C65H116O6/c1-4-7-10-13-16-19-22-25-28-29-30-31-32-33-34-35-38-40-43-46-49-52-55-58-64(67)70-61-62(71-65(68)59-56-53-50-47-44-41-37-27-24-21-18-15-12-9-6-3)60-69-63(66)57-54-51-48-45-42-39-36-26-23-20-17-14-11-8-5-2/h7,10,16,19,25,27-28,30-31,37,62H,4-6,8-9,11-15,17-18,20-24,26,29,32-36,38-61H2,1-3H3/b10-7-,19-16-,28-25-,31-30-,37-27-. The Bertz CT molecular complexity index is 1280. The molecule has 0 spiro atoms. The summed E-state index contributed by atoms with van der Waals surface area (Å²) in [5.41, 5.74) is 0. The fraction of sp³-hybridized carbons (Fsp3) is 0.800. The van der Waals surface area contributed by atoms with Gasteiger partial charge in [0, 0.05) is 19.3 Å². The second kappa shape index (κ2) is 59.7. The van der Waals surface area contributed by atoms with E-state index in [1.807, 2.05) is 0 Å². The second-order valence-electron chi connectivity index (χ2n) is 20.6. The highest BCUT2D eigenvalue weighted by molar-refractivity contribution is 5.71. The summed E-state index contributed by atoms with van der Waals surface area (Å²) in [5, 5.41) is 0. The van der Waals surface area contributed by atoms with E-state index in [2.05, 4.69) is 81.5 Å². The van der Waals surface area contributed by atoms with Crippen LogP contribution in [0.2, 0.25) is 0 Å². The van der Waals surface area contributed by atoms with Crippen LogP contribution in [0.15, 0.2) is 60.8 Å². The Morgan fingerprint density at radius 1 is 0.296 bits per heavy atom. The predicted octanol–water partition coefficient (Wildman–Crippen LogP) is 20.8. The van der Waals surface area contributed by atoms with Crippen molar-refractivity contribution in [3.63, 3.8) is 0 Å². The van der Waals surface area contributed by atoms with Crippen LogP contribution in [-0.2, 0) is 28.6 Å². The lowest BCUT2D eigenvalue weighted by Gasteiger charge is -2.18. The molecule has 0 amide bonds. The fourth-order valence-corrected chi connectivity index (χ4v) is 8.90. The van der Waals surface area contributed by atoms with Gasteiger partial charge in [0.05, 0.1) is 0 Å². The maximum atomic E-state index is 12.9. The fourth-order valence-electron chi connectivity index (χ4n) is 8.90. The van der Waals surface area contributed by atoms with Gasteiger partial charge in [-0.1, -0.05) is 274 Å². The lowest BCUT2D eigenvalue weighted by atomic mass is 10.0. The Kier molecular flexibility index (Phi) is 57.2. The molecular formula is C65H116O6. The molecule has 71 heavy (non-hydrogen) atoms. The van der Waals surface area contributed by atoms with Crippen molar-refractivity contribution >= 4 is 17.9 Å². The van der Waals surface area contributed by atoms with Crippen molar-refractivity contribution in [1.82, 2.24) is 0 Å². The number of esters is 3. The van der Waals surface area contributed by atoms with Crippen LogP contribution in [0, 0.1) is 0 Å². The molecule has 0 bridgehead atoms. The van der Waals surface area contributed by atoms with Gasteiger partial charge < -0.3 is 14.2 Å². The van der Waals surface area contributed by atoms with E-state index in [1.54, 1.807) is 0 Å². The quantitative estimate of drug-likeness (QED) is 0.0261. The lowest BCUT2D eigenvalue weighted by molar-refractivity contribution is -0.167. The van der Waals surface area contributed by atoms with Crippen molar-refractivity contribution in [1.29, 1.82) is 0 Å². The molecule has 6 nitrogen and oxygen atoms in total. The molecule has 0 aromatic heterocycles. The zero-order valence-electron chi connectivity index (χ0n) is 47.2. The maximum Gasteiger partial charge on any atom is 0.306 e. The number of carbonyl (C=O) groups is 3. The van der Waals surface area contributed by atoms with Crippen LogP contribution >= 0.6 is 0 Å². The predicted molar refractivity (Wildman–Crippen MR) is 307 cm³/mol. The molecule has 0 N–H and O–H groups in total. The van der Waals surface area contributed by atoms with E-state index in [4.69, 9.17) is 14.2 Å². The molecule has 0 heterocycles. The SMILES string of the molecule is CC/C=C\C/C=C\C/C=C\C/C=C\CCCCCCCCCCCCC(=O)OCC(COC(=O)CCCCCCCCCCCCCCCCC)OC(=O)CCCCCCC/C=C\CCCCCCCC. The summed E-state index contributed by atoms with van der Waals surface area (Å²) in [6, 6.07) is 0. The highest BCUT2D eigenvalue weighted by Crippen LogP contribution is 2.17. The van der Waals surface area contributed by atoms with E-state index in [9.17, 15) is 14.4 Å². The third kappa shape index (κ3) is 57.9. The van der Waals surface area contributed by atoms with Crippen molar-refractivity contribution in [2.75, 3.05) is 13.2 Å². The van der Waals surface area contributed by atoms with Gasteiger partial charge in [-0.15, -0.1) is 0 Å². The Labute approximate surface area is 440 Å². The zero-order chi connectivity index (χ0) is 51.4. The normalized spacial score (nSPS) is 12.4. The average molecular weight is 994 g/mol. The lowest BCUT2D eigenvalue weighted by Crippen LogP contribution is -2.30. The third-order valence-electron chi connectivity index (χ3n) is 13.5. The number of hydrogen-bond donors (Lipinski definition) is 0. The first-order valence-corrected chi connectivity index (χ1v) is 30.8. The average Bonchev–Trinajstić information content (AvgIpc) is 3.37. The Morgan fingerprint density at radius 3 is 0.873 bits per heavy atom. The molecule has 0 fully saturated rings. The van der Waals surface area contributed by atoms with Crippen molar-refractivity contribution < 1.29 is 28.6 Å². The summed E-state index contributed by atoms with van der Waals surface area (Å²) in [6.45, 7) is 6.55. The molecule has 1 unspecified atom stereocenters. The van der Waals surface area contributed by atoms with E-state index >= 15 is 0 Å². The van der Waals surface area contributed by atoms with Crippen molar-refractivity contribution in [3.8, 4) is 0 Å².